The molecule has 1 aliphatic heterocycles. The van der Waals surface area contributed by atoms with Crippen molar-refractivity contribution in [1.82, 2.24) is 4.98 Å². The lowest BCUT2D eigenvalue weighted by atomic mass is 9.93. The Morgan fingerprint density at radius 1 is 1.32 bits per heavy atom. The highest BCUT2D eigenvalue weighted by atomic mass is 32.2. The van der Waals surface area contributed by atoms with Gasteiger partial charge in [0, 0.05) is 30.0 Å². The Labute approximate surface area is 151 Å². The lowest BCUT2D eigenvalue weighted by Crippen LogP contribution is -2.25. The van der Waals surface area contributed by atoms with E-state index in [0.29, 0.717) is 18.1 Å². The maximum atomic E-state index is 12.7. The molecule has 0 unspecified atom stereocenters. The zero-order chi connectivity index (χ0) is 18.4. The summed E-state index contributed by atoms with van der Waals surface area (Å²) in [5.41, 5.74) is 2.37. The first-order chi connectivity index (χ1) is 11.6. The minimum Gasteiger partial charge on any atom is -0.312 e. The summed E-state index contributed by atoms with van der Waals surface area (Å²) in [7, 11) is -3.71. The summed E-state index contributed by atoms with van der Waals surface area (Å²) in [4.78, 5) is 17.8. The molecule has 0 fully saturated rings. The number of fused-ring (bicyclic) bond motifs is 1. The van der Waals surface area contributed by atoms with Crippen LogP contribution in [0.3, 0.4) is 0 Å². The van der Waals surface area contributed by atoms with E-state index in [4.69, 9.17) is 0 Å². The number of nitrogens with one attached hydrogen (secondary N) is 1. The summed E-state index contributed by atoms with van der Waals surface area (Å²) in [5.74, 6) is -0.0371. The molecule has 1 aromatic carbocycles. The zero-order valence-corrected chi connectivity index (χ0v) is 16.3. The standard InChI is InChI=1S/C17H21N3O3S2/c1-11(21)20-8-7-12-9-13(5-6-14(12)20)25(22,23)19-16-18-15(10-24-16)17(2,3)4/h5-6,9-10H,7-8H2,1-4H3,(H,18,19). The van der Waals surface area contributed by atoms with E-state index in [1.165, 1.54) is 24.3 Å². The predicted molar refractivity (Wildman–Crippen MR) is 99.8 cm³/mol. The lowest BCUT2D eigenvalue weighted by Gasteiger charge is -2.15. The van der Waals surface area contributed by atoms with Crippen LogP contribution in [0.4, 0.5) is 10.8 Å². The van der Waals surface area contributed by atoms with Crippen LogP contribution in [-0.4, -0.2) is 25.9 Å². The normalized spacial score (nSPS) is 14.5. The fraction of sp³-hybridized carbons (Fsp3) is 0.412. The maximum Gasteiger partial charge on any atom is 0.263 e. The first kappa shape index (κ1) is 17.9. The van der Waals surface area contributed by atoms with E-state index >= 15 is 0 Å². The van der Waals surface area contributed by atoms with E-state index < -0.39 is 10.0 Å². The third kappa shape index (κ3) is 3.55. The summed E-state index contributed by atoms with van der Waals surface area (Å²) in [6.07, 6.45) is 0.656. The molecule has 0 atom stereocenters. The summed E-state index contributed by atoms with van der Waals surface area (Å²) >= 11 is 1.27. The van der Waals surface area contributed by atoms with Gasteiger partial charge in [-0.3, -0.25) is 9.52 Å². The molecular formula is C17H21N3O3S2. The van der Waals surface area contributed by atoms with Gasteiger partial charge in [0.25, 0.3) is 10.0 Å². The number of thiazole rings is 1. The molecule has 25 heavy (non-hydrogen) atoms. The van der Waals surface area contributed by atoms with E-state index in [1.54, 1.807) is 17.0 Å². The third-order valence-electron chi connectivity index (χ3n) is 4.13. The molecule has 0 aliphatic carbocycles. The first-order valence-electron chi connectivity index (χ1n) is 7.98. The minimum atomic E-state index is -3.71. The molecule has 1 N–H and O–H groups in total. The summed E-state index contributed by atoms with van der Waals surface area (Å²) < 4.78 is 27.9. The number of nitrogens with zero attached hydrogens (tertiary/aromatic N) is 2. The van der Waals surface area contributed by atoms with Crippen molar-refractivity contribution >= 4 is 38.1 Å². The monoisotopic (exact) mass is 379 g/mol. The van der Waals surface area contributed by atoms with Crippen molar-refractivity contribution in [3.05, 3.63) is 34.8 Å². The van der Waals surface area contributed by atoms with Crippen LogP contribution in [0.2, 0.25) is 0 Å². The van der Waals surface area contributed by atoms with Crippen LogP contribution in [0.1, 0.15) is 39.0 Å². The van der Waals surface area contributed by atoms with Crippen molar-refractivity contribution in [2.75, 3.05) is 16.2 Å². The van der Waals surface area contributed by atoms with Gasteiger partial charge in [0.2, 0.25) is 5.91 Å². The fourth-order valence-electron chi connectivity index (χ4n) is 2.71. The van der Waals surface area contributed by atoms with Crippen LogP contribution in [-0.2, 0) is 26.7 Å². The number of rotatable bonds is 3. The number of hydrogen-bond acceptors (Lipinski definition) is 5. The highest BCUT2D eigenvalue weighted by molar-refractivity contribution is 7.93. The molecule has 0 radical (unpaired) electrons. The molecule has 0 bridgehead atoms. The second-order valence-electron chi connectivity index (χ2n) is 7.10. The molecule has 0 spiro atoms. The Morgan fingerprint density at radius 2 is 2.04 bits per heavy atom. The lowest BCUT2D eigenvalue weighted by molar-refractivity contribution is -0.116. The van der Waals surface area contributed by atoms with E-state index in [1.807, 2.05) is 26.2 Å². The van der Waals surface area contributed by atoms with Gasteiger partial charge in [-0.15, -0.1) is 11.3 Å². The summed E-state index contributed by atoms with van der Waals surface area (Å²) in [6, 6.07) is 4.86. The van der Waals surface area contributed by atoms with E-state index in [0.717, 1.165) is 16.9 Å². The summed E-state index contributed by atoms with van der Waals surface area (Å²) in [5, 5.41) is 2.22. The number of aromatic nitrogens is 1. The molecule has 0 saturated heterocycles. The van der Waals surface area contributed by atoms with Crippen molar-refractivity contribution in [2.24, 2.45) is 0 Å². The Hall–Kier alpha value is -1.93. The van der Waals surface area contributed by atoms with Gasteiger partial charge in [-0.05, 0) is 30.2 Å². The van der Waals surface area contributed by atoms with Crippen molar-refractivity contribution in [3.63, 3.8) is 0 Å². The van der Waals surface area contributed by atoms with Crippen LogP contribution < -0.4 is 9.62 Å². The number of sulfonamides is 1. The third-order valence-corrected chi connectivity index (χ3v) is 6.35. The SMILES string of the molecule is CC(=O)N1CCc2cc(S(=O)(=O)Nc3nc(C(C)(C)C)cs3)ccc21. The number of carbonyl (C=O) groups is 1. The zero-order valence-electron chi connectivity index (χ0n) is 14.7. The Morgan fingerprint density at radius 3 is 2.64 bits per heavy atom. The number of hydrogen-bond donors (Lipinski definition) is 1. The molecule has 2 heterocycles. The average Bonchev–Trinajstić information content (AvgIpc) is 3.11. The molecule has 1 aliphatic rings. The van der Waals surface area contributed by atoms with Gasteiger partial charge in [-0.2, -0.15) is 0 Å². The number of benzene rings is 1. The molecule has 6 nitrogen and oxygen atoms in total. The van der Waals surface area contributed by atoms with Gasteiger partial charge in [-0.1, -0.05) is 20.8 Å². The maximum absolute atomic E-state index is 12.7. The largest absolute Gasteiger partial charge is 0.312 e. The average molecular weight is 380 g/mol. The number of carbonyl (C=O) groups excluding carboxylic acids is 1. The van der Waals surface area contributed by atoms with Gasteiger partial charge < -0.3 is 4.90 Å². The molecule has 1 aromatic heterocycles. The van der Waals surface area contributed by atoms with Crippen LogP contribution >= 0.6 is 11.3 Å². The highest BCUT2D eigenvalue weighted by Crippen LogP contribution is 2.32. The quantitative estimate of drug-likeness (QED) is 0.888. The molecule has 0 saturated carbocycles. The Bertz CT molecular complexity index is 927. The van der Waals surface area contributed by atoms with Gasteiger partial charge in [0.15, 0.2) is 5.13 Å². The van der Waals surface area contributed by atoms with E-state index in [-0.39, 0.29) is 16.2 Å². The molecule has 2 aromatic rings. The van der Waals surface area contributed by atoms with Crippen LogP contribution in [0.5, 0.6) is 0 Å². The van der Waals surface area contributed by atoms with Crippen LogP contribution in [0.15, 0.2) is 28.5 Å². The number of amides is 1. The Kier molecular flexibility index (Phi) is 4.36. The van der Waals surface area contributed by atoms with Crippen molar-refractivity contribution in [1.29, 1.82) is 0 Å². The molecule has 134 valence electrons. The minimum absolute atomic E-state index is 0.0371. The van der Waals surface area contributed by atoms with Gasteiger partial charge in [0.1, 0.15) is 0 Å². The fourth-order valence-corrected chi connectivity index (χ4v) is 4.95. The van der Waals surface area contributed by atoms with E-state index in [2.05, 4.69) is 9.71 Å². The van der Waals surface area contributed by atoms with Crippen molar-refractivity contribution < 1.29 is 13.2 Å². The smallest absolute Gasteiger partial charge is 0.263 e. The second kappa shape index (κ2) is 6.10. The van der Waals surface area contributed by atoms with Crippen molar-refractivity contribution in [2.45, 2.75) is 44.4 Å². The van der Waals surface area contributed by atoms with Crippen LogP contribution in [0.25, 0.3) is 0 Å². The Balaban J connectivity index is 1.86. The first-order valence-corrected chi connectivity index (χ1v) is 10.3. The molecule has 3 rings (SSSR count). The predicted octanol–water partition coefficient (Wildman–Crippen LogP) is 3.15. The van der Waals surface area contributed by atoms with E-state index in [9.17, 15) is 13.2 Å². The molecular weight excluding hydrogens is 358 g/mol. The van der Waals surface area contributed by atoms with Gasteiger partial charge in [0.05, 0.1) is 10.6 Å². The van der Waals surface area contributed by atoms with Crippen molar-refractivity contribution in [3.8, 4) is 0 Å². The van der Waals surface area contributed by atoms with Gasteiger partial charge >= 0.3 is 0 Å². The highest BCUT2D eigenvalue weighted by Gasteiger charge is 2.25. The second-order valence-corrected chi connectivity index (χ2v) is 9.65. The molecule has 1 amide bonds. The topological polar surface area (TPSA) is 79.4 Å². The molecule has 8 heteroatoms. The number of anilines is 2. The summed E-state index contributed by atoms with van der Waals surface area (Å²) in [6.45, 7) is 8.18. The van der Waals surface area contributed by atoms with Crippen LogP contribution in [0, 0.1) is 0 Å². The van der Waals surface area contributed by atoms with Gasteiger partial charge in [-0.25, -0.2) is 13.4 Å².